The number of hydrogen-bond donors (Lipinski definition) is 0. The van der Waals surface area contributed by atoms with Gasteiger partial charge in [-0.1, -0.05) is 32.6 Å². The number of hydrogen-bond acceptors (Lipinski definition) is 0. The van der Waals surface area contributed by atoms with Gasteiger partial charge in [0.05, 0.1) is 0 Å². The van der Waals surface area contributed by atoms with E-state index >= 15 is 4.39 Å². The summed E-state index contributed by atoms with van der Waals surface area (Å²) in [5.41, 5.74) is 0. The molecular weight excluding hydrogens is 388 g/mol. The molecule has 0 spiro atoms. The third-order valence-electron chi connectivity index (χ3n) is 9.67. The molecule has 0 N–H and O–H groups in total. The van der Waals surface area contributed by atoms with E-state index in [9.17, 15) is 13.2 Å². The van der Waals surface area contributed by atoms with Gasteiger partial charge >= 0.3 is 0 Å². The van der Waals surface area contributed by atoms with E-state index in [2.05, 4.69) is 6.92 Å². The van der Waals surface area contributed by atoms with E-state index in [1.807, 2.05) is 0 Å². The van der Waals surface area contributed by atoms with Gasteiger partial charge in [-0.25, -0.2) is 17.6 Å². The van der Waals surface area contributed by atoms with Gasteiger partial charge in [-0.15, -0.1) is 0 Å². The Balaban J connectivity index is 1.24. The minimum absolute atomic E-state index is 0.00243. The van der Waals surface area contributed by atoms with Gasteiger partial charge < -0.3 is 0 Å². The van der Waals surface area contributed by atoms with Crippen LogP contribution >= 0.6 is 0 Å². The summed E-state index contributed by atoms with van der Waals surface area (Å²) in [5, 5.41) is 0. The predicted octanol–water partition coefficient (Wildman–Crippen LogP) is 8.19. The Morgan fingerprint density at radius 1 is 0.467 bits per heavy atom. The zero-order valence-electron chi connectivity index (χ0n) is 18.8. The molecule has 0 radical (unpaired) electrons. The Bertz CT molecular complexity index is 519. The molecule has 0 amide bonds. The van der Waals surface area contributed by atoms with Crippen LogP contribution in [0.1, 0.15) is 96.8 Å². The summed E-state index contributed by atoms with van der Waals surface area (Å²) in [7, 11) is 0. The summed E-state index contributed by atoms with van der Waals surface area (Å²) in [6.07, 6.45) is 7.89. The van der Waals surface area contributed by atoms with Crippen molar-refractivity contribution in [1.82, 2.24) is 0 Å². The Morgan fingerprint density at radius 2 is 0.967 bits per heavy atom. The molecule has 4 saturated carbocycles. The molecule has 30 heavy (non-hydrogen) atoms. The third-order valence-corrected chi connectivity index (χ3v) is 9.67. The van der Waals surface area contributed by atoms with Crippen LogP contribution in [0.3, 0.4) is 0 Å². The fraction of sp³-hybridized carbons (Fsp3) is 1.00. The van der Waals surface area contributed by atoms with Crippen molar-refractivity contribution in [2.24, 2.45) is 41.4 Å². The molecule has 4 rings (SSSR count). The lowest BCUT2D eigenvalue weighted by Crippen LogP contribution is -2.43. The summed E-state index contributed by atoms with van der Waals surface area (Å²) in [5.74, 6) is 3.15. The maximum atomic E-state index is 15.1. The van der Waals surface area contributed by atoms with Gasteiger partial charge in [-0.3, -0.25) is 0 Å². The van der Waals surface area contributed by atoms with Crippen LogP contribution in [0.15, 0.2) is 0 Å². The largest absolute Gasteiger partial charge is 0.247 e. The van der Waals surface area contributed by atoms with Crippen LogP contribution < -0.4 is 0 Å². The second kappa shape index (κ2) is 10.1. The highest BCUT2D eigenvalue weighted by Gasteiger charge is 2.46. The molecular formula is C26H42F4. The van der Waals surface area contributed by atoms with Gasteiger partial charge in [0.2, 0.25) is 0 Å². The molecule has 0 heterocycles. The second-order valence-electron chi connectivity index (χ2n) is 11.5. The van der Waals surface area contributed by atoms with E-state index in [-0.39, 0.29) is 24.7 Å². The molecule has 0 aromatic rings. The van der Waals surface area contributed by atoms with E-state index in [0.717, 1.165) is 30.6 Å². The number of halogens is 4. The maximum Gasteiger partial charge on any atom is 0.162 e. The zero-order chi connectivity index (χ0) is 21.3. The summed E-state index contributed by atoms with van der Waals surface area (Å²) in [4.78, 5) is 0. The maximum absolute atomic E-state index is 15.1. The van der Waals surface area contributed by atoms with Gasteiger partial charge in [-0.05, 0) is 106 Å². The molecule has 4 aliphatic carbocycles. The SMILES string of the molecule is CC1CCCC(C2CCC(C3CCC(C4CC(F)C(F)C(F)C4)C(F)C3)CC2)CC1. The Hall–Kier alpha value is -0.280. The van der Waals surface area contributed by atoms with Crippen LogP contribution in [0.25, 0.3) is 0 Å². The summed E-state index contributed by atoms with van der Waals surface area (Å²) >= 11 is 0. The van der Waals surface area contributed by atoms with Crippen LogP contribution in [-0.2, 0) is 0 Å². The van der Waals surface area contributed by atoms with Gasteiger partial charge in [0.1, 0.15) is 18.5 Å². The van der Waals surface area contributed by atoms with Gasteiger partial charge in [0, 0.05) is 0 Å². The van der Waals surface area contributed by atoms with Crippen molar-refractivity contribution in [2.75, 3.05) is 0 Å². The van der Waals surface area contributed by atoms with E-state index in [4.69, 9.17) is 0 Å². The van der Waals surface area contributed by atoms with Crippen LogP contribution in [-0.4, -0.2) is 24.7 Å². The first-order valence-corrected chi connectivity index (χ1v) is 13.0. The third kappa shape index (κ3) is 5.20. The van der Waals surface area contributed by atoms with Crippen molar-refractivity contribution in [1.29, 1.82) is 0 Å². The van der Waals surface area contributed by atoms with E-state index in [1.165, 1.54) is 57.8 Å². The molecule has 0 aliphatic heterocycles. The minimum Gasteiger partial charge on any atom is -0.247 e. The summed E-state index contributed by atoms with van der Waals surface area (Å²) in [6, 6.07) is 0. The number of alkyl halides is 4. The van der Waals surface area contributed by atoms with Crippen LogP contribution in [0.4, 0.5) is 17.6 Å². The molecule has 0 aromatic heterocycles. The molecule has 174 valence electrons. The molecule has 4 aliphatic rings. The fourth-order valence-corrected chi connectivity index (χ4v) is 7.71. The normalized spacial score (nSPS) is 51.3. The highest BCUT2D eigenvalue weighted by Crippen LogP contribution is 2.49. The summed E-state index contributed by atoms with van der Waals surface area (Å²) in [6.45, 7) is 2.40. The van der Waals surface area contributed by atoms with Crippen LogP contribution in [0.2, 0.25) is 0 Å². The second-order valence-corrected chi connectivity index (χ2v) is 11.5. The molecule has 7 atom stereocenters. The highest BCUT2D eigenvalue weighted by atomic mass is 19.2. The minimum atomic E-state index is -2.01. The van der Waals surface area contributed by atoms with E-state index in [1.54, 1.807) is 0 Å². The molecule has 7 unspecified atom stereocenters. The van der Waals surface area contributed by atoms with Crippen molar-refractivity contribution in [3.05, 3.63) is 0 Å². The molecule has 0 bridgehead atoms. The first-order chi connectivity index (χ1) is 14.4. The first kappa shape index (κ1) is 22.9. The zero-order valence-corrected chi connectivity index (χ0v) is 18.8. The van der Waals surface area contributed by atoms with Gasteiger partial charge in [0.15, 0.2) is 6.17 Å². The van der Waals surface area contributed by atoms with Crippen LogP contribution in [0, 0.1) is 41.4 Å². The standard InChI is InChI=1S/C26H42F4/c1-16-3-2-4-17(6-5-16)18-7-9-19(10-8-18)20-11-12-22(23(27)13-20)21-14-24(28)26(30)25(29)15-21/h16-26H,2-15H2,1H3. The molecule has 4 heteroatoms. The van der Waals surface area contributed by atoms with Crippen LogP contribution in [0.5, 0.6) is 0 Å². The number of rotatable bonds is 3. The van der Waals surface area contributed by atoms with Crippen molar-refractivity contribution in [3.8, 4) is 0 Å². The van der Waals surface area contributed by atoms with Gasteiger partial charge in [-0.2, -0.15) is 0 Å². The topological polar surface area (TPSA) is 0 Å². The average Bonchev–Trinajstić information content (AvgIpc) is 2.96. The molecule has 0 aromatic carbocycles. The Morgan fingerprint density at radius 3 is 1.60 bits per heavy atom. The summed E-state index contributed by atoms with van der Waals surface area (Å²) < 4.78 is 56.2. The Kier molecular flexibility index (Phi) is 7.72. The molecule has 4 fully saturated rings. The van der Waals surface area contributed by atoms with Crippen molar-refractivity contribution >= 4 is 0 Å². The highest BCUT2D eigenvalue weighted by molar-refractivity contribution is 4.95. The van der Waals surface area contributed by atoms with E-state index in [0.29, 0.717) is 18.3 Å². The smallest absolute Gasteiger partial charge is 0.162 e. The monoisotopic (exact) mass is 430 g/mol. The predicted molar refractivity (Wildman–Crippen MR) is 114 cm³/mol. The molecule has 0 nitrogen and oxygen atoms in total. The van der Waals surface area contributed by atoms with Crippen molar-refractivity contribution < 1.29 is 17.6 Å². The van der Waals surface area contributed by atoms with Crippen molar-refractivity contribution in [2.45, 2.75) is 122 Å². The lowest BCUT2D eigenvalue weighted by atomic mass is 9.63. The first-order valence-electron chi connectivity index (χ1n) is 13.0. The fourth-order valence-electron chi connectivity index (χ4n) is 7.71. The lowest BCUT2D eigenvalue weighted by Gasteiger charge is -2.44. The lowest BCUT2D eigenvalue weighted by molar-refractivity contribution is -0.0291. The Labute approximate surface area is 181 Å². The average molecular weight is 431 g/mol. The van der Waals surface area contributed by atoms with Gasteiger partial charge in [0.25, 0.3) is 0 Å². The quantitative estimate of drug-likeness (QED) is 0.313. The van der Waals surface area contributed by atoms with Crippen molar-refractivity contribution in [3.63, 3.8) is 0 Å². The molecule has 0 saturated heterocycles. The van der Waals surface area contributed by atoms with E-state index < -0.39 is 24.7 Å².